The highest BCUT2D eigenvalue weighted by Crippen LogP contribution is 2.16. The van der Waals surface area contributed by atoms with Crippen LogP contribution < -0.4 is 5.32 Å². The fourth-order valence-corrected chi connectivity index (χ4v) is 8.27. The molecule has 2 unspecified atom stereocenters. The Morgan fingerprint density at radius 3 is 1.02 bits per heavy atom. The largest absolute Gasteiger partial charge is 0.394 e. The lowest BCUT2D eigenvalue weighted by atomic mass is 10.0. The van der Waals surface area contributed by atoms with Crippen LogP contribution in [-0.2, 0) is 4.79 Å². The number of aliphatic hydroxyl groups excluding tert-OH is 2. The van der Waals surface area contributed by atoms with Gasteiger partial charge in [-0.3, -0.25) is 4.79 Å². The van der Waals surface area contributed by atoms with Crippen LogP contribution in [0.25, 0.3) is 0 Å². The van der Waals surface area contributed by atoms with Crippen molar-refractivity contribution in [2.75, 3.05) is 6.61 Å². The van der Waals surface area contributed by atoms with Crippen molar-refractivity contribution in [1.29, 1.82) is 0 Å². The van der Waals surface area contributed by atoms with E-state index in [-0.39, 0.29) is 12.5 Å². The van der Waals surface area contributed by atoms with Gasteiger partial charge in [-0.15, -0.1) is 0 Å². The third-order valence-electron chi connectivity index (χ3n) is 12.4. The van der Waals surface area contributed by atoms with Crippen molar-refractivity contribution >= 4 is 5.91 Å². The summed E-state index contributed by atoms with van der Waals surface area (Å²) in [4.78, 5) is 12.5. The van der Waals surface area contributed by atoms with Gasteiger partial charge in [0.1, 0.15) is 0 Å². The number of carbonyl (C=O) groups excluding carboxylic acids is 1. The molecule has 0 saturated carbocycles. The number of hydrogen-bond donors (Lipinski definition) is 3. The summed E-state index contributed by atoms with van der Waals surface area (Å²) < 4.78 is 0. The van der Waals surface area contributed by atoms with Crippen molar-refractivity contribution in [3.63, 3.8) is 0 Å². The van der Waals surface area contributed by atoms with Crippen LogP contribution in [0.1, 0.15) is 290 Å². The van der Waals surface area contributed by atoms with Gasteiger partial charge in [0.25, 0.3) is 0 Å². The summed E-state index contributed by atoms with van der Waals surface area (Å²) in [5.74, 6) is -0.0651. The van der Waals surface area contributed by atoms with Crippen LogP contribution >= 0.6 is 0 Å². The Kier molecular flexibility index (Phi) is 49.8. The highest BCUT2D eigenvalue weighted by Gasteiger charge is 2.18. The maximum atomic E-state index is 12.5. The van der Waals surface area contributed by atoms with Crippen LogP contribution in [0.5, 0.6) is 0 Å². The molecule has 0 aromatic heterocycles. The predicted octanol–water partition coefficient (Wildman–Crippen LogP) is 17.3. The van der Waals surface area contributed by atoms with E-state index in [0.29, 0.717) is 6.42 Å². The van der Waals surface area contributed by atoms with Crippen molar-refractivity contribution < 1.29 is 15.0 Å². The van der Waals surface area contributed by atoms with E-state index in [1.807, 2.05) is 6.08 Å². The van der Waals surface area contributed by atoms with E-state index < -0.39 is 12.1 Å². The first kappa shape index (κ1) is 57.6. The number of hydrogen-bond acceptors (Lipinski definition) is 3. The predicted molar refractivity (Wildman–Crippen MR) is 262 cm³/mol. The van der Waals surface area contributed by atoms with E-state index in [1.165, 1.54) is 238 Å². The van der Waals surface area contributed by atoms with E-state index in [0.717, 1.165) is 32.1 Å². The summed E-state index contributed by atoms with van der Waals surface area (Å²) >= 11 is 0. The summed E-state index contributed by atoms with van der Waals surface area (Å²) in [6, 6.07) is -0.625. The minimum absolute atomic E-state index is 0.0651. The molecule has 0 aliphatic heterocycles. The van der Waals surface area contributed by atoms with E-state index in [1.54, 1.807) is 6.08 Å². The van der Waals surface area contributed by atoms with E-state index in [2.05, 4.69) is 43.5 Å². The second kappa shape index (κ2) is 51.0. The highest BCUT2D eigenvalue weighted by molar-refractivity contribution is 5.76. The van der Waals surface area contributed by atoms with Crippen LogP contribution in [0, 0.1) is 0 Å². The Bertz CT molecular complexity index is 897. The van der Waals surface area contributed by atoms with E-state index >= 15 is 0 Å². The lowest BCUT2D eigenvalue weighted by molar-refractivity contribution is -0.123. The molecule has 0 rings (SSSR count). The maximum Gasteiger partial charge on any atom is 0.220 e. The molecule has 4 heteroatoms. The SMILES string of the molecule is CCCCCCCCCCC/C=C\C/C=C\CCCCCCCCCCCC(=O)NC(CO)C(O)/C=C/CCCCCCCCCCCCCCCCCCCCCC. The number of rotatable bonds is 49. The van der Waals surface area contributed by atoms with Gasteiger partial charge < -0.3 is 15.5 Å². The first-order valence-corrected chi connectivity index (χ1v) is 26.7. The molecule has 0 saturated heterocycles. The number of allylic oxidation sites excluding steroid dienone is 5. The Hall–Kier alpha value is -1.39. The molecule has 0 spiro atoms. The van der Waals surface area contributed by atoms with Crippen molar-refractivity contribution in [2.45, 2.75) is 302 Å². The van der Waals surface area contributed by atoms with Crippen LogP contribution in [0.3, 0.4) is 0 Å². The fourth-order valence-electron chi connectivity index (χ4n) is 8.27. The summed E-state index contributed by atoms with van der Waals surface area (Å²) in [6.07, 6.45) is 68.6. The summed E-state index contributed by atoms with van der Waals surface area (Å²) in [5.41, 5.74) is 0. The third-order valence-corrected chi connectivity index (χ3v) is 12.4. The van der Waals surface area contributed by atoms with Gasteiger partial charge in [0.15, 0.2) is 0 Å². The van der Waals surface area contributed by atoms with Gasteiger partial charge in [-0.25, -0.2) is 0 Å². The van der Waals surface area contributed by atoms with Gasteiger partial charge in [-0.05, 0) is 51.4 Å². The van der Waals surface area contributed by atoms with Crippen LogP contribution in [0.15, 0.2) is 36.5 Å². The molecule has 0 fully saturated rings. The van der Waals surface area contributed by atoms with Crippen LogP contribution in [-0.4, -0.2) is 34.9 Å². The van der Waals surface area contributed by atoms with Crippen LogP contribution in [0.4, 0.5) is 0 Å². The second-order valence-corrected chi connectivity index (χ2v) is 18.3. The zero-order chi connectivity index (χ0) is 42.8. The van der Waals surface area contributed by atoms with E-state index in [9.17, 15) is 15.0 Å². The molecule has 0 radical (unpaired) electrons. The monoisotopic (exact) mass is 828 g/mol. The molecule has 0 aromatic carbocycles. The Morgan fingerprint density at radius 1 is 0.407 bits per heavy atom. The average molecular weight is 828 g/mol. The van der Waals surface area contributed by atoms with Gasteiger partial charge in [-0.2, -0.15) is 0 Å². The Labute approximate surface area is 370 Å². The normalized spacial score (nSPS) is 13.1. The first-order valence-electron chi connectivity index (χ1n) is 26.7. The second-order valence-electron chi connectivity index (χ2n) is 18.3. The molecule has 0 aromatic rings. The molecule has 0 bridgehead atoms. The summed E-state index contributed by atoms with van der Waals surface area (Å²) in [7, 11) is 0. The summed E-state index contributed by atoms with van der Waals surface area (Å²) in [5, 5.41) is 23.1. The number of unbranched alkanes of at least 4 members (excludes halogenated alkanes) is 38. The molecule has 0 heterocycles. The smallest absolute Gasteiger partial charge is 0.220 e. The quantitative estimate of drug-likeness (QED) is 0.0423. The standard InChI is InChI=1S/C55H105NO3/c1-3-5-7-9-11-13-15-17-19-21-23-25-27-28-29-31-33-35-37-39-41-43-45-47-49-51-55(59)56-53(52-57)54(58)50-48-46-44-42-40-38-36-34-32-30-26-24-22-20-18-16-14-12-10-8-6-4-2/h23,25,28-29,48,50,53-54,57-58H,3-22,24,26-27,30-47,49,51-52H2,1-2H3,(H,56,59)/b25-23-,29-28-,50-48+. The summed E-state index contributed by atoms with van der Waals surface area (Å²) in [6.45, 7) is 4.33. The first-order chi connectivity index (χ1) is 29.2. The molecule has 0 aliphatic carbocycles. The number of carbonyl (C=O) groups is 1. The highest BCUT2D eigenvalue weighted by atomic mass is 16.3. The Balaban J connectivity index is 3.52. The topological polar surface area (TPSA) is 69.6 Å². The number of nitrogens with one attached hydrogen (secondary N) is 1. The zero-order valence-electron chi connectivity index (χ0n) is 40.0. The number of aliphatic hydroxyl groups is 2. The number of amides is 1. The Morgan fingerprint density at radius 2 is 0.695 bits per heavy atom. The molecule has 1 amide bonds. The van der Waals surface area contributed by atoms with E-state index in [4.69, 9.17) is 0 Å². The van der Waals surface area contributed by atoms with Gasteiger partial charge in [0.2, 0.25) is 5.91 Å². The molecule has 59 heavy (non-hydrogen) atoms. The maximum absolute atomic E-state index is 12.5. The van der Waals surface area contributed by atoms with Crippen LogP contribution in [0.2, 0.25) is 0 Å². The average Bonchev–Trinajstić information content (AvgIpc) is 3.24. The molecule has 4 nitrogen and oxygen atoms in total. The van der Waals surface area contributed by atoms with Gasteiger partial charge in [0.05, 0.1) is 18.8 Å². The molecule has 3 N–H and O–H groups in total. The van der Waals surface area contributed by atoms with Gasteiger partial charge in [0, 0.05) is 6.42 Å². The van der Waals surface area contributed by atoms with Gasteiger partial charge >= 0.3 is 0 Å². The minimum Gasteiger partial charge on any atom is -0.394 e. The molecular weight excluding hydrogens is 723 g/mol. The lowest BCUT2D eigenvalue weighted by Gasteiger charge is -2.20. The molecular formula is C55H105NO3. The van der Waals surface area contributed by atoms with Crippen molar-refractivity contribution in [3.05, 3.63) is 36.5 Å². The third kappa shape index (κ3) is 47.5. The molecule has 348 valence electrons. The molecule has 0 aliphatic rings. The zero-order valence-corrected chi connectivity index (χ0v) is 40.0. The lowest BCUT2D eigenvalue weighted by Crippen LogP contribution is -2.45. The minimum atomic E-state index is -0.841. The van der Waals surface area contributed by atoms with Crippen molar-refractivity contribution in [1.82, 2.24) is 5.32 Å². The molecule has 2 atom stereocenters. The van der Waals surface area contributed by atoms with Gasteiger partial charge in [-0.1, -0.05) is 269 Å². The van der Waals surface area contributed by atoms with Crippen molar-refractivity contribution in [3.8, 4) is 0 Å². The van der Waals surface area contributed by atoms with Crippen molar-refractivity contribution in [2.24, 2.45) is 0 Å². The fraction of sp³-hybridized carbons (Fsp3) is 0.873.